The minimum Gasteiger partial charge on any atom is -0.379 e. The zero-order valence-electron chi connectivity index (χ0n) is 16.2. The van der Waals surface area contributed by atoms with Gasteiger partial charge < -0.3 is 4.74 Å². The van der Waals surface area contributed by atoms with Crippen LogP contribution in [0.2, 0.25) is 10.0 Å². The second-order valence-corrected chi connectivity index (χ2v) is 9.21. The lowest BCUT2D eigenvalue weighted by Crippen LogP contribution is -2.40. The summed E-state index contributed by atoms with van der Waals surface area (Å²) in [6, 6.07) is 11.0. The minimum absolute atomic E-state index is 0.0628. The number of amides is 1. The van der Waals surface area contributed by atoms with Gasteiger partial charge in [0.05, 0.1) is 33.9 Å². The number of allylic oxidation sites excluding steroid dienone is 1. The lowest BCUT2D eigenvalue weighted by Gasteiger charge is -2.26. The first-order valence-electron chi connectivity index (χ1n) is 9.19. The van der Waals surface area contributed by atoms with Crippen molar-refractivity contribution in [2.24, 2.45) is 0 Å². The van der Waals surface area contributed by atoms with Gasteiger partial charge in [0, 0.05) is 24.2 Å². The Morgan fingerprint density at radius 3 is 2.43 bits per heavy atom. The largest absolute Gasteiger partial charge is 0.379 e. The number of carbonyl (C=O) groups excluding carboxylic acids is 1. The van der Waals surface area contributed by atoms with Crippen LogP contribution in [0.5, 0.6) is 0 Å². The molecule has 0 aromatic heterocycles. The van der Waals surface area contributed by atoms with Crippen molar-refractivity contribution in [1.82, 2.24) is 15.2 Å². The smallest absolute Gasteiger partial charge is 0.269 e. The highest BCUT2D eigenvalue weighted by Gasteiger charge is 2.26. The molecule has 1 fully saturated rings. The Balaban J connectivity index is 1.72. The number of sulfonamides is 1. The third-order valence-corrected chi connectivity index (χ3v) is 7.17. The number of rotatable bonds is 6. The first-order chi connectivity index (χ1) is 14.3. The molecule has 2 aromatic carbocycles. The van der Waals surface area contributed by atoms with Crippen LogP contribution in [0.3, 0.4) is 0 Å². The molecule has 30 heavy (non-hydrogen) atoms. The van der Waals surface area contributed by atoms with Gasteiger partial charge in [0.1, 0.15) is 0 Å². The van der Waals surface area contributed by atoms with Crippen LogP contribution in [0.1, 0.15) is 22.8 Å². The third-order valence-electron chi connectivity index (χ3n) is 4.53. The highest BCUT2D eigenvalue weighted by Crippen LogP contribution is 2.25. The molecule has 3 rings (SSSR count). The normalized spacial score (nSPS) is 15.6. The summed E-state index contributed by atoms with van der Waals surface area (Å²) in [5.41, 5.74) is 6.97. The highest BCUT2D eigenvalue weighted by molar-refractivity contribution is 7.89. The summed E-state index contributed by atoms with van der Waals surface area (Å²) < 4.78 is 32.2. The third kappa shape index (κ3) is 5.14. The zero-order chi connectivity index (χ0) is 21.7. The molecule has 0 saturated carbocycles. The fourth-order valence-corrected chi connectivity index (χ4v) is 4.66. The van der Waals surface area contributed by atoms with Gasteiger partial charge in [0.25, 0.3) is 5.91 Å². The van der Waals surface area contributed by atoms with E-state index in [1.165, 1.54) is 22.5 Å². The summed E-state index contributed by atoms with van der Waals surface area (Å²) in [6.45, 7) is 3.07. The van der Waals surface area contributed by atoms with Crippen molar-refractivity contribution in [2.45, 2.75) is 11.8 Å². The monoisotopic (exact) mass is 469 g/mol. The van der Waals surface area contributed by atoms with Gasteiger partial charge in [-0.3, -0.25) is 15.6 Å². The van der Waals surface area contributed by atoms with Crippen LogP contribution in [0.4, 0.5) is 0 Å². The topological polar surface area (TPSA) is 87.7 Å². The molecule has 0 aliphatic carbocycles. The van der Waals surface area contributed by atoms with Gasteiger partial charge >= 0.3 is 0 Å². The van der Waals surface area contributed by atoms with Gasteiger partial charge in [-0.15, -0.1) is 0 Å². The van der Waals surface area contributed by atoms with E-state index in [1.807, 2.05) is 0 Å². The number of hydrogen-bond acceptors (Lipinski definition) is 5. The van der Waals surface area contributed by atoms with E-state index in [1.54, 1.807) is 37.3 Å². The Hall–Kier alpha value is -2.10. The number of morpholine rings is 1. The molecule has 1 amide bonds. The molecule has 2 N–H and O–H groups in total. The predicted molar refractivity (Wildman–Crippen MR) is 117 cm³/mol. The first-order valence-corrected chi connectivity index (χ1v) is 11.4. The Morgan fingerprint density at radius 1 is 1.03 bits per heavy atom. The van der Waals surface area contributed by atoms with E-state index < -0.39 is 15.9 Å². The molecule has 1 heterocycles. The number of nitrogens with one attached hydrogen (secondary N) is 2. The van der Waals surface area contributed by atoms with Crippen molar-refractivity contribution in [3.05, 3.63) is 69.7 Å². The molecule has 2 aromatic rings. The molecular formula is C20H21Cl2N3O4S. The molecule has 7 nitrogen and oxygen atoms in total. The fourth-order valence-electron chi connectivity index (χ4n) is 2.90. The predicted octanol–water partition coefficient (Wildman–Crippen LogP) is 3.31. The maximum atomic E-state index is 12.8. The van der Waals surface area contributed by atoms with Crippen LogP contribution in [-0.2, 0) is 14.8 Å². The molecule has 0 spiro atoms. The Bertz CT molecular complexity index is 1070. The van der Waals surface area contributed by atoms with Gasteiger partial charge in [0.2, 0.25) is 10.0 Å². The summed E-state index contributed by atoms with van der Waals surface area (Å²) >= 11 is 12.0. The highest BCUT2D eigenvalue weighted by atomic mass is 35.5. The molecule has 1 aliphatic rings. The lowest BCUT2D eigenvalue weighted by molar-refractivity contribution is 0.0730. The number of ether oxygens (including phenoxy) is 1. The van der Waals surface area contributed by atoms with Crippen LogP contribution in [0.25, 0.3) is 5.70 Å². The SMILES string of the molecule is C/C=C(/NNC(=O)c1cccc(S(=O)(=O)N2CCOCC2)c1)c1ccc(Cl)c(Cl)c1. The van der Waals surface area contributed by atoms with E-state index in [0.29, 0.717) is 29.0 Å². The molecular weight excluding hydrogens is 449 g/mol. The summed E-state index contributed by atoms with van der Waals surface area (Å²) in [5.74, 6) is -0.478. The number of benzene rings is 2. The minimum atomic E-state index is -3.69. The van der Waals surface area contributed by atoms with Gasteiger partial charge in [-0.25, -0.2) is 8.42 Å². The zero-order valence-corrected chi connectivity index (χ0v) is 18.5. The molecule has 0 unspecified atom stereocenters. The number of nitrogens with zero attached hydrogens (tertiary/aromatic N) is 1. The molecule has 1 aliphatic heterocycles. The Morgan fingerprint density at radius 2 is 1.77 bits per heavy atom. The van der Waals surface area contributed by atoms with Crippen molar-refractivity contribution < 1.29 is 17.9 Å². The number of hydrogen-bond donors (Lipinski definition) is 2. The van der Waals surface area contributed by atoms with Crippen molar-refractivity contribution in [3.8, 4) is 0 Å². The van der Waals surface area contributed by atoms with Crippen LogP contribution in [0.15, 0.2) is 53.4 Å². The van der Waals surface area contributed by atoms with E-state index in [2.05, 4.69) is 10.9 Å². The fraction of sp³-hybridized carbons (Fsp3) is 0.250. The van der Waals surface area contributed by atoms with Crippen LogP contribution in [-0.4, -0.2) is 44.9 Å². The van der Waals surface area contributed by atoms with E-state index in [0.717, 1.165) is 5.56 Å². The molecule has 0 bridgehead atoms. The van der Waals surface area contributed by atoms with Gasteiger partial charge in [-0.2, -0.15) is 4.31 Å². The number of carbonyl (C=O) groups is 1. The molecule has 1 saturated heterocycles. The molecule has 0 atom stereocenters. The average molecular weight is 470 g/mol. The van der Waals surface area contributed by atoms with E-state index in [9.17, 15) is 13.2 Å². The summed E-state index contributed by atoms with van der Waals surface area (Å²) in [7, 11) is -3.69. The van der Waals surface area contributed by atoms with Gasteiger partial charge in [0.15, 0.2) is 0 Å². The van der Waals surface area contributed by atoms with Crippen LogP contribution < -0.4 is 10.9 Å². The van der Waals surface area contributed by atoms with E-state index in [-0.39, 0.29) is 23.5 Å². The van der Waals surface area contributed by atoms with Crippen molar-refractivity contribution >= 4 is 44.8 Å². The first kappa shape index (κ1) is 22.6. The van der Waals surface area contributed by atoms with Crippen LogP contribution >= 0.6 is 23.2 Å². The van der Waals surface area contributed by atoms with Crippen molar-refractivity contribution in [3.63, 3.8) is 0 Å². The van der Waals surface area contributed by atoms with Gasteiger partial charge in [-0.05, 0) is 37.3 Å². The van der Waals surface area contributed by atoms with Crippen molar-refractivity contribution in [2.75, 3.05) is 26.3 Å². The maximum Gasteiger partial charge on any atom is 0.269 e. The molecule has 0 radical (unpaired) electrons. The Kier molecular flexibility index (Phi) is 7.38. The van der Waals surface area contributed by atoms with E-state index >= 15 is 0 Å². The van der Waals surface area contributed by atoms with Crippen molar-refractivity contribution in [1.29, 1.82) is 0 Å². The second kappa shape index (κ2) is 9.80. The Labute approximate surface area is 185 Å². The standard InChI is InChI=1S/C20H21Cl2N3O4S/c1-2-19(14-6-7-17(21)18(22)13-14)23-24-20(26)15-4-3-5-16(12-15)30(27,28)25-8-10-29-11-9-25/h2-7,12-13,23H,8-11H2,1H3,(H,24,26)/b19-2+. The second-order valence-electron chi connectivity index (χ2n) is 6.45. The summed E-state index contributed by atoms with van der Waals surface area (Å²) in [6.07, 6.45) is 1.76. The maximum absolute atomic E-state index is 12.8. The van der Waals surface area contributed by atoms with Crippen LogP contribution in [0, 0.1) is 0 Å². The number of hydrazine groups is 1. The van der Waals surface area contributed by atoms with E-state index in [4.69, 9.17) is 27.9 Å². The molecule has 160 valence electrons. The lowest BCUT2D eigenvalue weighted by atomic mass is 10.1. The summed E-state index contributed by atoms with van der Waals surface area (Å²) in [4.78, 5) is 12.7. The number of halogens is 2. The molecule has 10 heteroatoms. The van der Waals surface area contributed by atoms with Gasteiger partial charge in [-0.1, -0.05) is 41.4 Å². The summed E-state index contributed by atoms with van der Waals surface area (Å²) in [5, 5.41) is 0.820. The quantitative estimate of drug-likeness (QED) is 0.633. The average Bonchev–Trinajstić information content (AvgIpc) is 2.77.